The van der Waals surface area contributed by atoms with Gasteiger partial charge in [0.1, 0.15) is 12.4 Å². The highest BCUT2D eigenvalue weighted by atomic mass is 19.1. The number of anilines is 1. The van der Waals surface area contributed by atoms with Crippen LogP contribution in [0.3, 0.4) is 0 Å². The van der Waals surface area contributed by atoms with Crippen LogP contribution < -0.4 is 9.80 Å². The van der Waals surface area contributed by atoms with Crippen LogP contribution in [-0.2, 0) is 0 Å². The number of aromatic nitrogens is 1. The Morgan fingerprint density at radius 1 is 1.08 bits per heavy atom. The molecule has 2 N–H and O–H groups in total. The van der Waals surface area contributed by atoms with Gasteiger partial charge in [-0.3, -0.25) is 4.79 Å². The summed E-state index contributed by atoms with van der Waals surface area (Å²) in [4.78, 5) is 19.4. The van der Waals surface area contributed by atoms with Crippen molar-refractivity contribution < 1.29 is 14.1 Å². The molecule has 128 valence electrons. The normalized spacial score (nSPS) is 15.6. The van der Waals surface area contributed by atoms with Crippen molar-refractivity contribution in [1.82, 2.24) is 4.98 Å². The Kier molecular flexibility index (Phi) is 4.24. The lowest BCUT2D eigenvalue weighted by Crippen LogP contribution is -3.15. The number of benzene rings is 2. The molecule has 5 heteroatoms. The highest BCUT2D eigenvalue weighted by Crippen LogP contribution is 2.18. The molecule has 1 fully saturated rings. The van der Waals surface area contributed by atoms with Gasteiger partial charge in [0, 0.05) is 28.4 Å². The number of para-hydroxylation sites is 1. The molecule has 25 heavy (non-hydrogen) atoms. The fourth-order valence-electron chi connectivity index (χ4n) is 3.53. The molecule has 2 heterocycles. The molecular formula is C20H21FN3O+. The number of nitrogens with zero attached hydrogens (tertiary/aromatic N) is 1. The molecule has 0 bridgehead atoms. The monoisotopic (exact) mass is 338 g/mol. The molecule has 0 spiro atoms. The first kappa shape index (κ1) is 15.8. The predicted octanol–water partition coefficient (Wildman–Crippen LogP) is 1.89. The molecule has 0 unspecified atom stereocenters. The smallest absolute Gasteiger partial charge is 0.219 e. The van der Waals surface area contributed by atoms with Gasteiger partial charge in [-0.1, -0.05) is 18.2 Å². The molecule has 3 aromatic rings. The third-order valence-electron chi connectivity index (χ3n) is 4.96. The van der Waals surface area contributed by atoms with E-state index in [9.17, 15) is 9.18 Å². The fraction of sp³-hybridized carbons (Fsp3) is 0.250. The molecule has 0 aliphatic carbocycles. The van der Waals surface area contributed by atoms with Gasteiger partial charge in [0.05, 0.1) is 26.2 Å². The lowest BCUT2D eigenvalue weighted by atomic mass is 10.1. The standard InChI is InChI=1S/C20H20FN3O/c21-15-5-7-16(8-6-15)24-11-9-23(10-12-24)14-20(25)18-13-22-19-4-2-1-3-17(18)19/h1-8,13,22H,9-12,14H2/p+1. The van der Waals surface area contributed by atoms with E-state index in [1.807, 2.05) is 42.6 Å². The molecule has 1 saturated heterocycles. The van der Waals surface area contributed by atoms with E-state index in [4.69, 9.17) is 0 Å². The van der Waals surface area contributed by atoms with Gasteiger partial charge in [-0.2, -0.15) is 0 Å². The van der Waals surface area contributed by atoms with Crippen LogP contribution in [0.15, 0.2) is 54.7 Å². The van der Waals surface area contributed by atoms with Gasteiger partial charge in [0.15, 0.2) is 0 Å². The molecule has 4 nitrogen and oxygen atoms in total. The first-order valence-corrected chi connectivity index (χ1v) is 8.64. The average Bonchev–Trinajstić information content (AvgIpc) is 3.07. The van der Waals surface area contributed by atoms with Gasteiger partial charge < -0.3 is 14.8 Å². The van der Waals surface area contributed by atoms with Crippen LogP contribution in [0, 0.1) is 5.82 Å². The van der Waals surface area contributed by atoms with Crippen molar-refractivity contribution in [3.8, 4) is 0 Å². The summed E-state index contributed by atoms with van der Waals surface area (Å²) in [5.74, 6) is -0.0278. The van der Waals surface area contributed by atoms with Crippen molar-refractivity contribution in [3.63, 3.8) is 0 Å². The third kappa shape index (κ3) is 3.28. The Balaban J connectivity index is 1.38. The molecule has 1 aliphatic heterocycles. The van der Waals surface area contributed by atoms with Gasteiger partial charge >= 0.3 is 0 Å². The summed E-state index contributed by atoms with van der Waals surface area (Å²) < 4.78 is 13.0. The van der Waals surface area contributed by atoms with Crippen molar-refractivity contribution in [2.45, 2.75) is 0 Å². The molecule has 0 saturated carbocycles. The van der Waals surface area contributed by atoms with E-state index in [0.717, 1.165) is 48.3 Å². The molecule has 1 aliphatic rings. The molecule has 2 aromatic carbocycles. The number of aromatic amines is 1. The number of nitrogens with one attached hydrogen (secondary N) is 2. The Morgan fingerprint density at radius 3 is 2.56 bits per heavy atom. The summed E-state index contributed by atoms with van der Waals surface area (Å²) in [5, 5.41) is 0.997. The first-order chi connectivity index (χ1) is 12.2. The number of halogens is 1. The van der Waals surface area contributed by atoms with Crippen LogP contribution in [0.4, 0.5) is 10.1 Å². The maximum atomic E-state index is 13.0. The zero-order valence-corrected chi connectivity index (χ0v) is 14.0. The van der Waals surface area contributed by atoms with Crippen LogP contribution in [0.25, 0.3) is 10.9 Å². The minimum absolute atomic E-state index is 0.183. The summed E-state index contributed by atoms with van der Waals surface area (Å²) in [6.07, 6.45) is 1.82. The summed E-state index contributed by atoms with van der Waals surface area (Å²) in [5.41, 5.74) is 2.83. The van der Waals surface area contributed by atoms with Crippen LogP contribution >= 0.6 is 0 Å². The van der Waals surface area contributed by atoms with Crippen LogP contribution in [0.2, 0.25) is 0 Å². The second kappa shape index (κ2) is 6.69. The van der Waals surface area contributed by atoms with Crippen LogP contribution in [-0.4, -0.2) is 43.5 Å². The van der Waals surface area contributed by atoms with E-state index in [1.54, 1.807) is 0 Å². The Labute approximate surface area is 145 Å². The highest BCUT2D eigenvalue weighted by molar-refractivity contribution is 6.08. The fourth-order valence-corrected chi connectivity index (χ4v) is 3.53. The highest BCUT2D eigenvalue weighted by Gasteiger charge is 2.24. The summed E-state index contributed by atoms with van der Waals surface area (Å²) in [7, 11) is 0. The van der Waals surface area contributed by atoms with E-state index in [-0.39, 0.29) is 11.6 Å². The van der Waals surface area contributed by atoms with E-state index in [1.165, 1.54) is 17.0 Å². The molecule has 0 radical (unpaired) electrons. The molecule has 0 atom stereocenters. The number of fused-ring (bicyclic) bond motifs is 1. The van der Waals surface area contributed by atoms with Gasteiger partial charge in [-0.15, -0.1) is 0 Å². The average molecular weight is 338 g/mol. The molecular weight excluding hydrogens is 317 g/mol. The van der Waals surface area contributed by atoms with Gasteiger partial charge in [0.2, 0.25) is 5.78 Å². The number of Topliss-reactive ketones (excluding diaryl/α,β-unsaturated/α-hetero) is 1. The van der Waals surface area contributed by atoms with Crippen molar-refractivity contribution in [1.29, 1.82) is 0 Å². The molecule has 0 amide bonds. The second-order valence-corrected chi connectivity index (χ2v) is 6.56. The lowest BCUT2D eigenvalue weighted by Gasteiger charge is -2.33. The summed E-state index contributed by atoms with van der Waals surface area (Å²) >= 11 is 0. The SMILES string of the molecule is O=C(C[NH+]1CCN(c2ccc(F)cc2)CC1)c1c[nH]c2ccccc12. The van der Waals surface area contributed by atoms with Crippen LogP contribution in [0.1, 0.15) is 10.4 Å². The van der Waals surface area contributed by atoms with E-state index in [0.29, 0.717) is 6.54 Å². The topological polar surface area (TPSA) is 40.5 Å². The maximum Gasteiger partial charge on any atom is 0.219 e. The van der Waals surface area contributed by atoms with Gasteiger partial charge in [-0.25, -0.2) is 4.39 Å². The third-order valence-corrected chi connectivity index (χ3v) is 4.96. The maximum absolute atomic E-state index is 13.0. The number of piperazine rings is 1. The number of rotatable bonds is 4. The number of carbonyl (C=O) groups excluding carboxylic acids is 1. The Hall–Kier alpha value is -2.66. The minimum atomic E-state index is -0.211. The van der Waals surface area contributed by atoms with E-state index < -0.39 is 0 Å². The zero-order valence-electron chi connectivity index (χ0n) is 14.0. The zero-order chi connectivity index (χ0) is 17.2. The van der Waals surface area contributed by atoms with Gasteiger partial charge in [0.25, 0.3) is 0 Å². The van der Waals surface area contributed by atoms with Crippen molar-refractivity contribution in [3.05, 3.63) is 66.1 Å². The Morgan fingerprint density at radius 2 is 1.80 bits per heavy atom. The predicted molar refractivity (Wildman–Crippen MR) is 96.8 cm³/mol. The summed E-state index contributed by atoms with van der Waals surface area (Å²) in [6, 6.07) is 14.5. The van der Waals surface area contributed by atoms with E-state index >= 15 is 0 Å². The first-order valence-electron chi connectivity index (χ1n) is 8.64. The number of hydrogen-bond acceptors (Lipinski definition) is 2. The Bertz CT molecular complexity index is 879. The molecule has 4 rings (SSSR count). The summed E-state index contributed by atoms with van der Waals surface area (Å²) in [6.45, 7) is 4.08. The van der Waals surface area contributed by atoms with Crippen LogP contribution in [0.5, 0.6) is 0 Å². The lowest BCUT2D eigenvalue weighted by molar-refractivity contribution is -0.892. The molecule has 1 aromatic heterocycles. The largest absolute Gasteiger partial charge is 0.360 e. The van der Waals surface area contributed by atoms with Gasteiger partial charge in [-0.05, 0) is 30.3 Å². The number of ketones is 1. The second-order valence-electron chi connectivity index (χ2n) is 6.56. The number of carbonyl (C=O) groups is 1. The van der Waals surface area contributed by atoms with Crippen molar-refractivity contribution in [2.24, 2.45) is 0 Å². The minimum Gasteiger partial charge on any atom is -0.360 e. The number of hydrogen-bond donors (Lipinski definition) is 2. The quantitative estimate of drug-likeness (QED) is 0.714. The number of quaternary nitrogens is 1. The van der Waals surface area contributed by atoms with Crippen molar-refractivity contribution in [2.75, 3.05) is 37.6 Å². The number of H-pyrrole nitrogens is 1. The van der Waals surface area contributed by atoms with Crippen molar-refractivity contribution >= 4 is 22.4 Å². The van der Waals surface area contributed by atoms with E-state index in [2.05, 4.69) is 9.88 Å².